The molecule has 1 nitrogen and oxygen atoms in total. The smallest absolute Gasteiger partial charge is 0.151 e. The van der Waals surface area contributed by atoms with Crippen molar-refractivity contribution in [1.82, 2.24) is 0 Å². The monoisotopic (exact) mass is 214 g/mol. The van der Waals surface area contributed by atoms with Gasteiger partial charge in [0.1, 0.15) is 0 Å². The van der Waals surface area contributed by atoms with Crippen molar-refractivity contribution in [3.63, 3.8) is 0 Å². The van der Waals surface area contributed by atoms with Crippen LogP contribution in [-0.4, -0.2) is 11.2 Å². The van der Waals surface area contributed by atoms with Gasteiger partial charge in [0.15, 0.2) is 6.29 Å². The van der Waals surface area contributed by atoms with Crippen molar-refractivity contribution >= 4 is 28.9 Å². The van der Waals surface area contributed by atoms with E-state index < -0.39 is 0 Å². The number of allylic oxidation sites excluding steroid dienone is 4. The molecular weight excluding hydrogens is 204 g/mol. The van der Waals surface area contributed by atoms with Crippen molar-refractivity contribution in [2.45, 2.75) is 6.42 Å². The summed E-state index contributed by atoms with van der Waals surface area (Å²) in [6.07, 6.45) is 5.43. The van der Waals surface area contributed by atoms with Gasteiger partial charge in [-0.1, -0.05) is 48.6 Å². The Hall–Kier alpha value is -1.54. The van der Waals surface area contributed by atoms with E-state index in [4.69, 9.17) is 12.2 Å². The van der Waals surface area contributed by atoms with Crippen molar-refractivity contribution in [3.05, 3.63) is 53.6 Å². The van der Waals surface area contributed by atoms with E-state index in [1.807, 2.05) is 36.4 Å². The first kappa shape index (κ1) is 9.99. The Kier molecular flexibility index (Phi) is 2.88. The zero-order valence-corrected chi connectivity index (χ0v) is 8.96. The summed E-state index contributed by atoms with van der Waals surface area (Å²) >= 11 is 5.09. The predicted molar refractivity (Wildman–Crippen MR) is 65.8 cm³/mol. The molecule has 0 atom stereocenters. The van der Waals surface area contributed by atoms with Crippen LogP contribution in [0.2, 0.25) is 0 Å². The van der Waals surface area contributed by atoms with Gasteiger partial charge < -0.3 is 0 Å². The lowest BCUT2D eigenvalue weighted by Crippen LogP contribution is -2.04. The third kappa shape index (κ3) is 2.10. The molecule has 0 fully saturated rings. The van der Waals surface area contributed by atoms with Crippen LogP contribution in [0.4, 0.5) is 0 Å². The first-order valence-electron chi connectivity index (χ1n) is 4.77. The fourth-order valence-electron chi connectivity index (χ4n) is 1.56. The summed E-state index contributed by atoms with van der Waals surface area (Å²) < 4.78 is 0. The fourth-order valence-corrected chi connectivity index (χ4v) is 1.75. The Labute approximate surface area is 94.1 Å². The van der Waals surface area contributed by atoms with Crippen molar-refractivity contribution in [1.29, 1.82) is 0 Å². The van der Waals surface area contributed by atoms with Crippen LogP contribution < -0.4 is 0 Å². The van der Waals surface area contributed by atoms with Crippen LogP contribution in [0.25, 0.3) is 5.57 Å². The lowest BCUT2D eigenvalue weighted by atomic mass is 9.95. The quantitative estimate of drug-likeness (QED) is 0.556. The van der Waals surface area contributed by atoms with Crippen molar-refractivity contribution in [2.75, 3.05) is 0 Å². The van der Waals surface area contributed by atoms with Crippen molar-refractivity contribution in [2.24, 2.45) is 0 Å². The SMILES string of the molecule is O=CC1=CC(c2ccccc2)=CCC1=S. The van der Waals surface area contributed by atoms with Crippen LogP contribution in [0, 0.1) is 0 Å². The average Bonchev–Trinajstić information content (AvgIpc) is 2.31. The summed E-state index contributed by atoms with van der Waals surface area (Å²) in [6, 6.07) is 10.00. The maximum Gasteiger partial charge on any atom is 0.151 e. The number of aldehydes is 1. The Balaban J connectivity index is 2.38. The van der Waals surface area contributed by atoms with Gasteiger partial charge in [-0.05, 0) is 17.2 Å². The van der Waals surface area contributed by atoms with Gasteiger partial charge in [-0.15, -0.1) is 0 Å². The molecule has 0 bridgehead atoms. The molecular formula is C13H10OS. The number of hydrogen-bond acceptors (Lipinski definition) is 2. The molecule has 0 aliphatic heterocycles. The van der Waals surface area contributed by atoms with Crippen LogP contribution in [0.3, 0.4) is 0 Å². The van der Waals surface area contributed by atoms with Gasteiger partial charge in [-0.3, -0.25) is 4.79 Å². The minimum atomic E-state index is 0.631. The highest BCUT2D eigenvalue weighted by Gasteiger charge is 2.10. The lowest BCUT2D eigenvalue weighted by molar-refractivity contribution is -0.104. The molecule has 15 heavy (non-hydrogen) atoms. The van der Waals surface area contributed by atoms with Crippen molar-refractivity contribution in [3.8, 4) is 0 Å². The standard InChI is InChI=1S/C13H10OS/c14-9-12-8-11(6-7-13(12)15)10-4-2-1-3-5-10/h1-6,8-9H,7H2. The van der Waals surface area contributed by atoms with E-state index in [0.717, 1.165) is 22.3 Å². The molecule has 0 saturated heterocycles. The Morgan fingerprint density at radius 1 is 1.20 bits per heavy atom. The minimum absolute atomic E-state index is 0.631. The molecule has 1 aliphatic carbocycles. The predicted octanol–water partition coefficient (Wildman–Crippen LogP) is 2.97. The first-order chi connectivity index (χ1) is 7.31. The van der Waals surface area contributed by atoms with E-state index in [9.17, 15) is 4.79 Å². The molecule has 2 heteroatoms. The van der Waals surface area contributed by atoms with E-state index in [2.05, 4.69) is 6.08 Å². The summed E-state index contributed by atoms with van der Waals surface area (Å²) in [5.41, 5.74) is 2.83. The zero-order chi connectivity index (χ0) is 10.7. The van der Waals surface area contributed by atoms with E-state index in [1.54, 1.807) is 0 Å². The first-order valence-corrected chi connectivity index (χ1v) is 5.18. The Morgan fingerprint density at radius 3 is 2.60 bits per heavy atom. The Bertz CT molecular complexity index is 455. The van der Waals surface area contributed by atoms with Crippen LogP contribution >= 0.6 is 12.2 Å². The molecule has 0 heterocycles. The lowest BCUT2D eigenvalue weighted by Gasteiger charge is -2.10. The third-order valence-corrected chi connectivity index (χ3v) is 2.78. The van der Waals surface area contributed by atoms with E-state index in [0.29, 0.717) is 12.0 Å². The van der Waals surface area contributed by atoms with Crippen LogP contribution in [0.1, 0.15) is 12.0 Å². The highest BCUT2D eigenvalue weighted by Crippen LogP contribution is 2.23. The summed E-state index contributed by atoms with van der Waals surface area (Å²) in [4.78, 5) is 11.5. The van der Waals surface area contributed by atoms with Crippen LogP contribution in [0.5, 0.6) is 0 Å². The summed E-state index contributed by atoms with van der Waals surface area (Å²) in [6.45, 7) is 0. The Morgan fingerprint density at radius 2 is 1.93 bits per heavy atom. The molecule has 0 radical (unpaired) electrons. The maximum atomic E-state index is 10.8. The second-order valence-electron chi connectivity index (χ2n) is 3.37. The van der Waals surface area contributed by atoms with Crippen molar-refractivity contribution < 1.29 is 4.79 Å². The maximum absolute atomic E-state index is 10.8. The third-order valence-electron chi connectivity index (χ3n) is 2.37. The summed E-state index contributed by atoms with van der Waals surface area (Å²) in [5, 5.41) is 0. The molecule has 1 aromatic rings. The number of thiocarbonyl (C=S) groups is 1. The molecule has 1 aliphatic rings. The normalized spacial score (nSPS) is 15.6. The van der Waals surface area contributed by atoms with Gasteiger partial charge in [0.05, 0.1) is 0 Å². The number of rotatable bonds is 2. The molecule has 0 amide bonds. The second-order valence-corrected chi connectivity index (χ2v) is 3.86. The highest BCUT2D eigenvalue weighted by molar-refractivity contribution is 7.81. The van der Waals surface area contributed by atoms with Gasteiger partial charge in [0.2, 0.25) is 0 Å². The molecule has 2 rings (SSSR count). The second kappa shape index (κ2) is 4.32. The molecule has 0 spiro atoms. The molecule has 1 aromatic carbocycles. The minimum Gasteiger partial charge on any atom is -0.298 e. The topological polar surface area (TPSA) is 17.1 Å². The number of carbonyl (C=O) groups is 1. The summed E-state index contributed by atoms with van der Waals surface area (Å²) in [5.74, 6) is 0. The van der Waals surface area contributed by atoms with Crippen LogP contribution in [-0.2, 0) is 4.79 Å². The number of benzene rings is 1. The molecule has 0 N–H and O–H groups in total. The van der Waals surface area contributed by atoms with E-state index in [-0.39, 0.29) is 0 Å². The van der Waals surface area contributed by atoms with Gasteiger partial charge in [-0.25, -0.2) is 0 Å². The van der Waals surface area contributed by atoms with Crippen LogP contribution in [0.15, 0.2) is 48.1 Å². The molecule has 0 aromatic heterocycles. The number of carbonyl (C=O) groups excluding carboxylic acids is 1. The van der Waals surface area contributed by atoms with Gasteiger partial charge in [-0.2, -0.15) is 0 Å². The highest BCUT2D eigenvalue weighted by atomic mass is 32.1. The zero-order valence-electron chi connectivity index (χ0n) is 8.14. The van der Waals surface area contributed by atoms with E-state index >= 15 is 0 Å². The van der Waals surface area contributed by atoms with Gasteiger partial charge >= 0.3 is 0 Å². The molecule has 0 saturated carbocycles. The average molecular weight is 214 g/mol. The molecule has 74 valence electrons. The van der Waals surface area contributed by atoms with Gasteiger partial charge in [0, 0.05) is 16.9 Å². The number of hydrogen-bond donors (Lipinski definition) is 0. The molecule has 0 unspecified atom stereocenters. The summed E-state index contributed by atoms with van der Waals surface area (Å²) in [7, 11) is 0. The largest absolute Gasteiger partial charge is 0.298 e. The van der Waals surface area contributed by atoms with Gasteiger partial charge in [0.25, 0.3) is 0 Å². The fraction of sp³-hybridized carbons (Fsp3) is 0.0769. The van der Waals surface area contributed by atoms with E-state index in [1.165, 1.54) is 0 Å².